The van der Waals surface area contributed by atoms with Crippen LogP contribution < -0.4 is 20.9 Å². The number of amides is 2. The van der Waals surface area contributed by atoms with Gasteiger partial charge in [0.15, 0.2) is 11.7 Å². The third-order valence-corrected chi connectivity index (χ3v) is 3.70. The molecule has 0 atom stereocenters. The van der Waals surface area contributed by atoms with E-state index in [1.54, 1.807) is 30.3 Å². The van der Waals surface area contributed by atoms with Crippen molar-refractivity contribution in [3.8, 4) is 5.75 Å². The fraction of sp³-hybridized carbons (Fsp3) is 0.0556. The molecule has 2 aromatic carbocycles. The molecule has 0 aromatic heterocycles. The first-order valence-electron chi connectivity index (χ1n) is 7.54. The normalized spacial score (nSPS) is 10.2. The zero-order valence-electron chi connectivity index (χ0n) is 13.6. The highest BCUT2D eigenvalue weighted by atomic mass is 79.9. The molecule has 8 heteroatoms. The van der Waals surface area contributed by atoms with E-state index in [4.69, 9.17) is 17.0 Å². The van der Waals surface area contributed by atoms with Crippen molar-refractivity contribution >= 4 is 51.2 Å². The van der Waals surface area contributed by atoms with E-state index in [2.05, 4.69) is 32.1 Å². The van der Waals surface area contributed by atoms with Crippen LogP contribution in [0.2, 0.25) is 0 Å². The van der Waals surface area contributed by atoms with Crippen LogP contribution in [0.25, 0.3) is 6.08 Å². The Bertz CT molecular complexity index is 795. The van der Waals surface area contributed by atoms with E-state index in [-0.39, 0.29) is 11.7 Å². The summed E-state index contributed by atoms with van der Waals surface area (Å²) in [6.45, 7) is -0.195. The lowest BCUT2D eigenvalue weighted by Gasteiger charge is -2.10. The maximum atomic E-state index is 11.7. The van der Waals surface area contributed by atoms with E-state index in [0.29, 0.717) is 5.75 Å². The van der Waals surface area contributed by atoms with E-state index in [1.807, 2.05) is 30.3 Å². The number of carbonyl (C=O) groups is 2. The summed E-state index contributed by atoms with van der Waals surface area (Å²) in [5, 5.41) is 2.40. The van der Waals surface area contributed by atoms with Crippen LogP contribution >= 0.6 is 28.1 Å². The third kappa shape index (κ3) is 7.45. The molecular weight excluding hydrogens is 418 g/mol. The highest BCUT2D eigenvalue weighted by molar-refractivity contribution is 9.10. The minimum Gasteiger partial charge on any atom is -0.484 e. The Labute approximate surface area is 164 Å². The van der Waals surface area contributed by atoms with Crippen molar-refractivity contribution < 1.29 is 14.3 Å². The molecule has 0 spiro atoms. The Hall–Kier alpha value is -2.71. The second-order valence-corrected chi connectivity index (χ2v) is 6.30. The number of halogens is 1. The second-order valence-electron chi connectivity index (χ2n) is 4.98. The van der Waals surface area contributed by atoms with Crippen LogP contribution in [0.4, 0.5) is 0 Å². The molecule has 0 aliphatic carbocycles. The van der Waals surface area contributed by atoms with Gasteiger partial charge in [0.25, 0.3) is 5.91 Å². The predicted octanol–water partition coefficient (Wildman–Crippen LogP) is 2.56. The van der Waals surface area contributed by atoms with E-state index >= 15 is 0 Å². The molecular formula is C18H16BrN3O3S. The highest BCUT2D eigenvalue weighted by Gasteiger charge is 2.05. The molecule has 6 nitrogen and oxygen atoms in total. The van der Waals surface area contributed by atoms with Crippen molar-refractivity contribution in [3.05, 3.63) is 70.7 Å². The van der Waals surface area contributed by atoms with Crippen LogP contribution in [-0.4, -0.2) is 23.5 Å². The van der Waals surface area contributed by atoms with Gasteiger partial charge in [-0.3, -0.25) is 25.8 Å². The minimum atomic E-state index is -0.440. The molecule has 0 unspecified atom stereocenters. The fourth-order valence-electron chi connectivity index (χ4n) is 1.76. The number of hydrogen-bond donors (Lipinski definition) is 3. The molecule has 0 aliphatic heterocycles. The molecule has 0 radical (unpaired) electrons. The van der Waals surface area contributed by atoms with Crippen molar-refractivity contribution in [1.82, 2.24) is 16.2 Å². The molecule has 0 saturated heterocycles. The molecule has 2 rings (SSSR count). The lowest BCUT2D eigenvalue weighted by molar-refractivity contribution is -0.123. The minimum absolute atomic E-state index is 0.0234. The first-order chi connectivity index (χ1) is 12.5. The van der Waals surface area contributed by atoms with Gasteiger partial charge in [-0.2, -0.15) is 0 Å². The summed E-state index contributed by atoms with van der Waals surface area (Å²) in [4.78, 5) is 23.4. The van der Waals surface area contributed by atoms with Crippen molar-refractivity contribution in [3.63, 3.8) is 0 Å². The second kappa shape index (κ2) is 10.3. The number of hydrogen-bond acceptors (Lipinski definition) is 4. The van der Waals surface area contributed by atoms with Gasteiger partial charge in [0.05, 0.1) is 0 Å². The number of ether oxygens (including phenoxy) is 1. The lowest BCUT2D eigenvalue weighted by atomic mass is 10.2. The van der Waals surface area contributed by atoms with E-state index < -0.39 is 11.8 Å². The maximum Gasteiger partial charge on any atom is 0.276 e. The number of rotatable bonds is 5. The van der Waals surface area contributed by atoms with Gasteiger partial charge in [-0.1, -0.05) is 46.3 Å². The van der Waals surface area contributed by atoms with Crippen LogP contribution in [-0.2, 0) is 9.59 Å². The zero-order valence-corrected chi connectivity index (χ0v) is 16.0. The van der Waals surface area contributed by atoms with Crippen molar-refractivity contribution in [2.24, 2.45) is 0 Å². The van der Waals surface area contributed by atoms with Gasteiger partial charge in [0.1, 0.15) is 5.75 Å². The van der Waals surface area contributed by atoms with E-state index in [1.165, 1.54) is 6.08 Å². The maximum absolute atomic E-state index is 11.7. The molecule has 0 bridgehead atoms. The molecule has 0 aliphatic rings. The number of nitrogens with one attached hydrogen (secondary N) is 3. The molecule has 26 heavy (non-hydrogen) atoms. The van der Waals surface area contributed by atoms with Gasteiger partial charge >= 0.3 is 0 Å². The number of benzene rings is 2. The molecule has 134 valence electrons. The van der Waals surface area contributed by atoms with Crippen molar-refractivity contribution in [2.45, 2.75) is 0 Å². The van der Waals surface area contributed by atoms with E-state index in [9.17, 15) is 9.59 Å². The Morgan fingerprint density at radius 1 is 1.04 bits per heavy atom. The van der Waals surface area contributed by atoms with Gasteiger partial charge in [0.2, 0.25) is 5.91 Å². The third-order valence-electron chi connectivity index (χ3n) is 2.96. The van der Waals surface area contributed by atoms with E-state index in [0.717, 1.165) is 10.0 Å². The highest BCUT2D eigenvalue weighted by Crippen LogP contribution is 2.15. The van der Waals surface area contributed by atoms with Gasteiger partial charge in [-0.05, 0) is 48.1 Å². The Balaban J connectivity index is 1.67. The Kier molecular flexibility index (Phi) is 7.78. The average Bonchev–Trinajstić information content (AvgIpc) is 2.65. The summed E-state index contributed by atoms with van der Waals surface area (Å²) in [6, 6.07) is 16.4. The first-order valence-corrected chi connectivity index (χ1v) is 8.74. The van der Waals surface area contributed by atoms with Gasteiger partial charge in [-0.25, -0.2) is 0 Å². The van der Waals surface area contributed by atoms with Gasteiger partial charge < -0.3 is 4.74 Å². The predicted molar refractivity (Wildman–Crippen MR) is 107 cm³/mol. The van der Waals surface area contributed by atoms with Gasteiger partial charge in [0, 0.05) is 10.5 Å². The SMILES string of the molecule is O=C(/C=C/c1ccccc1)NC(=S)NNC(=O)COc1ccc(Br)cc1. The molecule has 0 heterocycles. The van der Waals surface area contributed by atoms with Crippen LogP contribution in [0, 0.1) is 0 Å². The van der Waals surface area contributed by atoms with Crippen molar-refractivity contribution in [1.29, 1.82) is 0 Å². The zero-order chi connectivity index (χ0) is 18.8. The molecule has 0 fully saturated rings. The Morgan fingerprint density at radius 3 is 2.42 bits per heavy atom. The van der Waals surface area contributed by atoms with Crippen LogP contribution in [0.1, 0.15) is 5.56 Å². The van der Waals surface area contributed by atoms with Gasteiger partial charge in [-0.15, -0.1) is 0 Å². The topological polar surface area (TPSA) is 79.5 Å². The number of carbonyl (C=O) groups excluding carboxylic acids is 2. The summed E-state index contributed by atoms with van der Waals surface area (Å²) in [6.07, 6.45) is 3.00. The lowest BCUT2D eigenvalue weighted by Crippen LogP contribution is -2.49. The van der Waals surface area contributed by atoms with Crippen LogP contribution in [0.3, 0.4) is 0 Å². The summed E-state index contributed by atoms with van der Waals surface area (Å²) in [5.41, 5.74) is 5.66. The summed E-state index contributed by atoms with van der Waals surface area (Å²) in [5.74, 6) is -0.290. The monoisotopic (exact) mass is 433 g/mol. The quantitative estimate of drug-likeness (QED) is 0.383. The standard InChI is InChI=1S/C18H16BrN3O3S/c19-14-7-9-15(10-8-14)25-12-17(24)21-22-18(26)20-16(23)11-6-13-4-2-1-3-5-13/h1-11H,12H2,(H,21,24)(H2,20,22,23,26)/b11-6+. The fourth-order valence-corrected chi connectivity index (χ4v) is 2.18. The van der Waals surface area contributed by atoms with Crippen LogP contribution in [0.5, 0.6) is 5.75 Å². The molecule has 2 amide bonds. The number of thiocarbonyl (C=S) groups is 1. The largest absolute Gasteiger partial charge is 0.484 e. The first kappa shape index (κ1) is 19.6. The summed E-state index contributed by atoms with van der Waals surface area (Å²) >= 11 is 8.25. The number of hydrazine groups is 1. The summed E-state index contributed by atoms with van der Waals surface area (Å²) in [7, 11) is 0. The van der Waals surface area contributed by atoms with Crippen LogP contribution in [0.15, 0.2) is 65.1 Å². The Morgan fingerprint density at radius 2 is 1.73 bits per heavy atom. The molecule has 2 aromatic rings. The molecule has 3 N–H and O–H groups in total. The van der Waals surface area contributed by atoms with Crippen molar-refractivity contribution in [2.75, 3.05) is 6.61 Å². The summed E-state index contributed by atoms with van der Waals surface area (Å²) < 4.78 is 6.22. The molecule has 0 saturated carbocycles. The smallest absolute Gasteiger partial charge is 0.276 e. The average molecular weight is 434 g/mol.